The molecule has 2 aromatic heterocycles. The van der Waals surface area contributed by atoms with Crippen molar-refractivity contribution in [1.29, 1.82) is 0 Å². The Balaban J connectivity index is 1.98. The molecule has 138 valence electrons. The Hall–Kier alpha value is -4.32. The van der Waals surface area contributed by atoms with Gasteiger partial charge in [-0.25, -0.2) is 0 Å². The monoisotopic (exact) mass is 388 g/mol. The fourth-order valence-electron chi connectivity index (χ4n) is 5.70. The van der Waals surface area contributed by atoms with E-state index in [-0.39, 0.29) is 0 Å². The second kappa shape index (κ2) is 4.16. The summed E-state index contributed by atoms with van der Waals surface area (Å²) in [4.78, 5) is 55.5. The highest BCUT2D eigenvalue weighted by atomic mass is 16.2. The summed E-state index contributed by atoms with van der Waals surface area (Å²) in [7, 11) is 0. The van der Waals surface area contributed by atoms with E-state index in [9.17, 15) is 19.2 Å². The summed E-state index contributed by atoms with van der Waals surface area (Å²) in [6, 6.07) is 11.0. The lowest BCUT2D eigenvalue weighted by atomic mass is 9.93. The Morgan fingerprint density at radius 3 is 1.13 bits per heavy atom. The van der Waals surface area contributed by atoms with Crippen LogP contribution in [0.25, 0.3) is 75.4 Å². The molecule has 0 atom stereocenters. The van der Waals surface area contributed by atoms with Crippen molar-refractivity contribution in [3.05, 3.63) is 77.8 Å². The second-order valence-corrected chi connectivity index (χ2v) is 8.12. The summed E-state index contributed by atoms with van der Waals surface area (Å²) in [5.41, 5.74) is -1.69. The van der Waals surface area contributed by atoms with Crippen LogP contribution in [0.3, 0.4) is 0 Å². The normalized spacial score (nSPS) is 13.2. The van der Waals surface area contributed by atoms with Crippen molar-refractivity contribution in [2.75, 3.05) is 0 Å². The predicted molar refractivity (Wildman–Crippen MR) is 119 cm³/mol. The van der Waals surface area contributed by atoms with Crippen LogP contribution >= 0.6 is 0 Å². The van der Waals surface area contributed by atoms with Gasteiger partial charge in [0, 0.05) is 43.1 Å². The van der Waals surface area contributed by atoms with E-state index in [4.69, 9.17) is 0 Å². The van der Waals surface area contributed by atoms with Crippen molar-refractivity contribution < 1.29 is 0 Å². The molecule has 0 bridgehead atoms. The molecule has 0 unspecified atom stereocenters. The zero-order chi connectivity index (χ0) is 20.0. The number of nitrogens with one attached hydrogen (secondary N) is 2. The van der Waals surface area contributed by atoms with Crippen LogP contribution in [0.5, 0.6) is 0 Å². The molecule has 6 aromatic carbocycles. The zero-order valence-corrected chi connectivity index (χ0v) is 15.1. The number of benzene rings is 5. The summed E-state index contributed by atoms with van der Waals surface area (Å²) in [6.07, 6.45) is 0. The molecule has 30 heavy (non-hydrogen) atoms. The van der Waals surface area contributed by atoms with E-state index in [1.807, 2.05) is 24.3 Å². The average molecular weight is 388 g/mol. The minimum atomic E-state index is -0.439. The van der Waals surface area contributed by atoms with Gasteiger partial charge in [-0.15, -0.1) is 0 Å². The van der Waals surface area contributed by atoms with Crippen molar-refractivity contribution in [1.82, 2.24) is 9.97 Å². The first-order valence-corrected chi connectivity index (χ1v) is 9.54. The van der Waals surface area contributed by atoms with Crippen molar-refractivity contribution in [3.63, 3.8) is 0 Å². The quantitative estimate of drug-likeness (QED) is 0.308. The van der Waals surface area contributed by atoms with Crippen molar-refractivity contribution in [3.8, 4) is 0 Å². The highest BCUT2D eigenvalue weighted by molar-refractivity contribution is 6.50. The van der Waals surface area contributed by atoms with Gasteiger partial charge in [-0.3, -0.25) is 29.1 Å². The van der Waals surface area contributed by atoms with Crippen LogP contribution in [0.15, 0.2) is 55.6 Å². The highest BCUT2D eigenvalue weighted by Gasteiger charge is 2.26. The molecule has 0 aliphatic carbocycles. The molecular weight excluding hydrogens is 380 g/mol. The smallest absolute Gasteiger partial charge is 0.258 e. The first-order chi connectivity index (χ1) is 14.5. The minimum Gasteiger partial charge on any atom is -0.288 e. The third-order valence-corrected chi connectivity index (χ3v) is 6.77. The third kappa shape index (κ3) is 1.30. The molecule has 0 aliphatic heterocycles. The molecule has 0 amide bonds. The first kappa shape index (κ1) is 14.6. The lowest BCUT2D eigenvalue weighted by Gasteiger charge is -2.10. The van der Waals surface area contributed by atoms with Crippen molar-refractivity contribution >= 4 is 75.4 Å². The molecule has 0 fully saturated rings. The standard InChI is InChI=1S/C24H8N2O4/c27-21-10-3-7-1-2-8-4-11-18-13(24(30)26-22(11)28)6-9-5-12(23(29)25-21)17(10)19-14(7)15(8)20(18)16(9)19/h1-6H,(H,25,27,29)(H,26,28,30). The molecule has 0 radical (unpaired) electrons. The van der Waals surface area contributed by atoms with Gasteiger partial charge in [-0.1, -0.05) is 12.1 Å². The fraction of sp³-hybridized carbons (Fsp3) is 0. The molecule has 8 rings (SSSR count). The van der Waals surface area contributed by atoms with Gasteiger partial charge in [0.05, 0.1) is 0 Å². The lowest BCUT2D eigenvalue weighted by molar-refractivity contribution is 1.22. The highest BCUT2D eigenvalue weighted by Crippen LogP contribution is 2.50. The maximum atomic E-state index is 12.7. The number of aromatic amines is 2. The fourth-order valence-corrected chi connectivity index (χ4v) is 5.70. The molecule has 0 spiro atoms. The van der Waals surface area contributed by atoms with Gasteiger partial charge in [0.2, 0.25) is 0 Å². The van der Waals surface area contributed by atoms with Crippen LogP contribution in [0.2, 0.25) is 0 Å². The van der Waals surface area contributed by atoms with Gasteiger partial charge in [-0.05, 0) is 56.6 Å². The number of pyridine rings is 2. The molecule has 2 heterocycles. The second-order valence-electron chi connectivity index (χ2n) is 8.12. The summed E-state index contributed by atoms with van der Waals surface area (Å²) in [5.74, 6) is 0. The summed E-state index contributed by atoms with van der Waals surface area (Å²) in [6.45, 7) is 0. The number of H-pyrrole nitrogens is 2. The topological polar surface area (TPSA) is 99.9 Å². The molecule has 2 N–H and O–H groups in total. The van der Waals surface area contributed by atoms with Crippen LogP contribution in [0.4, 0.5) is 0 Å². The van der Waals surface area contributed by atoms with E-state index in [1.165, 1.54) is 0 Å². The van der Waals surface area contributed by atoms with Crippen LogP contribution in [-0.2, 0) is 0 Å². The van der Waals surface area contributed by atoms with E-state index in [0.717, 1.165) is 43.1 Å². The predicted octanol–water partition coefficient (Wildman–Crippen LogP) is 3.05. The molecule has 8 aromatic rings. The molecule has 0 saturated carbocycles. The van der Waals surface area contributed by atoms with E-state index < -0.39 is 22.2 Å². The van der Waals surface area contributed by atoms with Crippen LogP contribution < -0.4 is 22.2 Å². The molecule has 0 saturated heterocycles. The van der Waals surface area contributed by atoms with Gasteiger partial charge in [0.1, 0.15) is 0 Å². The van der Waals surface area contributed by atoms with Crippen molar-refractivity contribution in [2.45, 2.75) is 0 Å². The number of hydrogen-bond acceptors (Lipinski definition) is 4. The van der Waals surface area contributed by atoms with Gasteiger partial charge in [0.25, 0.3) is 22.2 Å². The lowest BCUT2D eigenvalue weighted by Crippen LogP contribution is -2.20. The Bertz CT molecular complexity index is 2080. The van der Waals surface area contributed by atoms with E-state index in [0.29, 0.717) is 32.3 Å². The largest absolute Gasteiger partial charge is 0.288 e. The summed E-state index contributed by atoms with van der Waals surface area (Å²) in [5, 5.41) is 10.2. The summed E-state index contributed by atoms with van der Waals surface area (Å²) >= 11 is 0. The molecule has 6 heteroatoms. The van der Waals surface area contributed by atoms with E-state index >= 15 is 0 Å². The third-order valence-electron chi connectivity index (χ3n) is 6.77. The van der Waals surface area contributed by atoms with E-state index in [2.05, 4.69) is 9.97 Å². The van der Waals surface area contributed by atoms with Crippen molar-refractivity contribution in [2.24, 2.45) is 0 Å². The van der Waals surface area contributed by atoms with E-state index in [1.54, 1.807) is 12.1 Å². The first-order valence-electron chi connectivity index (χ1n) is 9.54. The van der Waals surface area contributed by atoms with Gasteiger partial charge < -0.3 is 0 Å². The Morgan fingerprint density at radius 2 is 0.733 bits per heavy atom. The zero-order valence-electron chi connectivity index (χ0n) is 15.1. The number of rotatable bonds is 0. The maximum Gasteiger partial charge on any atom is 0.258 e. The van der Waals surface area contributed by atoms with Gasteiger partial charge in [0.15, 0.2) is 0 Å². The minimum absolute atomic E-state index is 0.408. The molecule has 0 aliphatic rings. The van der Waals surface area contributed by atoms with Gasteiger partial charge in [-0.2, -0.15) is 0 Å². The van der Waals surface area contributed by atoms with Crippen LogP contribution in [0.1, 0.15) is 0 Å². The Kier molecular flexibility index (Phi) is 2.03. The molecule has 6 nitrogen and oxygen atoms in total. The number of aromatic nitrogens is 2. The maximum absolute atomic E-state index is 12.7. The van der Waals surface area contributed by atoms with Crippen LogP contribution in [-0.4, -0.2) is 9.97 Å². The SMILES string of the molecule is O=c1[nH]c(=O)c2cc3cc4c(=O)[nH]c(=O)c5cc6ccc7cc1c2c1c7c6c(c54)c31. The number of hydrogen-bond donors (Lipinski definition) is 2. The average Bonchev–Trinajstić information content (AvgIpc) is 3.10. The summed E-state index contributed by atoms with van der Waals surface area (Å²) < 4.78 is 0. The van der Waals surface area contributed by atoms with Crippen LogP contribution in [0, 0.1) is 0 Å². The Morgan fingerprint density at radius 1 is 0.400 bits per heavy atom. The molecular formula is C24H8N2O4. The Labute approximate surface area is 163 Å². The van der Waals surface area contributed by atoms with Gasteiger partial charge >= 0.3 is 0 Å².